The lowest BCUT2D eigenvalue weighted by Gasteiger charge is -2.14. The second kappa shape index (κ2) is 8.31. The standard InChI is InChI=1S/C13H20Cl2N2O3S/c1-4-16-8-10-5-11(14)6-12(13(10)15)21(18,19)17-7-9(2)20-3/h5-6,9,16-17H,4,7-8H2,1-3H3. The van der Waals surface area contributed by atoms with Gasteiger partial charge in [0.05, 0.1) is 11.1 Å². The summed E-state index contributed by atoms with van der Waals surface area (Å²) in [4.78, 5) is -0.0205. The van der Waals surface area contributed by atoms with Crippen molar-refractivity contribution >= 4 is 33.2 Å². The van der Waals surface area contributed by atoms with E-state index in [9.17, 15) is 8.42 Å². The number of methoxy groups -OCH3 is 1. The number of halogens is 2. The Morgan fingerprint density at radius 1 is 1.33 bits per heavy atom. The van der Waals surface area contributed by atoms with Crippen LogP contribution in [0.4, 0.5) is 0 Å². The molecule has 0 radical (unpaired) electrons. The first-order chi connectivity index (χ1) is 9.81. The molecule has 5 nitrogen and oxygen atoms in total. The third-order valence-corrected chi connectivity index (χ3v) is 5.12. The molecule has 0 amide bonds. The van der Waals surface area contributed by atoms with E-state index in [1.54, 1.807) is 13.0 Å². The van der Waals surface area contributed by atoms with Gasteiger partial charge in [-0.25, -0.2) is 13.1 Å². The van der Waals surface area contributed by atoms with E-state index in [0.717, 1.165) is 6.54 Å². The van der Waals surface area contributed by atoms with Crippen molar-refractivity contribution in [2.75, 3.05) is 20.2 Å². The summed E-state index contributed by atoms with van der Waals surface area (Å²) in [6, 6.07) is 3.00. The van der Waals surface area contributed by atoms with Crippen molar-refractivity contribution in [1.29, 1.82) is 0 Å². The largest absolute Gasteiger partial charge is 0.380 e. The number of sulfonamides is 1. The monoisotopic (exact) mass is 354 g/mol. The first-order valence-electron chi connectivity index (χ1n) is 6.53. The molecule has 1 rings (SSSR count). The van der Waals surface area contributed by atoms with E-state index in [2.05, 4.69) is 10.0 Å². The van der Waals surface area contributed by atoms with E-state index >= 15 is 0 Å². The molecule has 0 heterocycles. The highest BCUT2D eigenvalue weighted by Crippen LogP contribution is 2.29. The van der Waals surface area contributed by atoms with Gasteiger partial charge in [0.15, 0.2) is 0 Å². The fourth-order valence-corrected chi connectivity index (χ4v) is 3.64. The van der Waals surface area contributed by atoms with Crippen LogP contribution in [0.2, 0.25) is 10.0 Å². The molecule has 8 heteroatoms. The molecule has 0 aliphatic carbocycles. The fraction of sp³-hybridized carbons (Fsp3) is 0.538. The maximum Gasteiger partial charge on any atom is 0.242 e. The summed E-state index contributed by atoms with van der Waals surface area (Å²) in [6.07, 6.45) is -0.237. The lowest BCUT2D eigenvalue weighted by atomic mass is 10.2. The van der Waals surface area contributed by atoms with Crippen molar-refractivity contribution in [3.63, 3.8) is 0 Å². The summed E-state index contributed by atoms with van der Waals surface area (Å²) in [5.74, 6) is 0. The first-order valence-corrected chi connectivity index (χ1v) is 8.76. The third-order valence-electron chi connectivity index (χ3n) is 2.90. The molecule has 21 heavy (non-hydrogen) atoms. The molecule has 0 aromatic heterocycles. The number of ether oxygens (including phenoxy) is 1. The van der Waals surface area contributed by atoms with E-state index in [1.807, 2.05) is 6.92 Å². The number of hydrogen-bond acceptors (Lipinski definition) is 4. The van der Waals surface area contributed by atoms with Gasteiger partial charge in [-0.05, 0) is 31.2 Å². The zero-order chi connectivity index (χ0) is 16.0. The number of nitrogens with one attached hydrogen (secondary N) is 2. The summed E-state index contributed by atoms with van der Waals surface area (Å²) in [6.45, 7) is 5.06. The van der Waals surface area contributed by atoms with Crippen molar-refractivity contribution in [2.24, 2.45) is 0 Å². The average molecular weight is 355 g/mol. The topological polar surface area (TPSA) is 67.4 Å². The molecule has 1 atom stereocenters. The molecule has 0 saturated heterocycles. The third kappa shape index (κ3) is 5.39. The number of rotatable bonds is 8. The van der Waals surface area contributed by atoms with Crippen LogP contribution in [-0.2, 0) is 21.3 Å². The highest BCUT2D eigenvalue weighted by atomic mass is 35.5. The Morgan fingerprint density at radius 3 is 2.57 bits per heavy atom. The zero-order valence-corrected chi connectivity index (χ0v) is 14.6. The van der Waals surface area contributed by atoms with Gasteiger partial charge in [-0.1, -0.05) is 30.1 Å². The van der Waals surface area contributed by atoms with Gasteiger partial charge in [-0.15, -0.1) is 0 Å². The van der Waals surface area contributed by atoms with E-state index in [4.69, 9.17) is 27.9 Å². The lowest BCUT2D eigenvalue weighted by molar-refractivity contribution is 0.122. The molecule has 0 aliphatic rings. The minimum atomic E-state index is -3.74. The van der Waals surface area contributed by atoms with Gasteiger partial charge in [0.2, 0.25) is 10.0 Å². The number of hydrogen-bond donors (Lipinski definition) is 2. The van der Waals surface area contributed by atoms with Gasteiger partial charge >= 0.3 is 0 Å². The van der Waals surface area contributed by atoms with Gasteiger partial charge in [-0.2, -0.15) is 0 Å². The molecule has 1 aromatic rings. The summed E-state index contributed by atoms with van der Waals surface area (Å²) >= 11 is 12.2. The molecular formula is C13H20Cl2N2O3S. The SMILES string of the molecule is CCNCc1cc(Cl)cc(S(=O)(=O)NCC(C)OC)c1Cl. The number of benzene rings is 1. The predicted molar refractivity (Wildman–Crippen MR) is 85.5 cm³/mol. The van der Waals surface area contributed by atoms with Crippen LogP contribution >= 0.6 is 23.2 Å². The van der Waals surface area contributed by atoms with Crippen LogP contribution in [0.25, 0.3) is 0 Å². The molecule has 0 bridgehead atoms. The van der Waals surface area contributed by atoms with Crippen LogP contribution in [-0.4, -0.2) is 34.7 Å². The Labute approximate surface area is 136 Å². The quantitative estimate of drug-likeness (QED) is 0.752. The van der Waals surface area contributed by atoms with Crippen LogP contribution in [0.3, 0.4) is 0 Å². The molecule has 120 valence electrons. The Hall–Kier alpha value is -0.370. The summed E-state index contributed by atoms with van der Waals surface area (Å²) in [7, 11) is -2.23. The molecule has 0 spiro atoms. The minimum absolute atomic E-state index is 0.0205. The summed E-state index contributed by atoms with van der Waals surface area (Å²) in [5.41, 5.74) is 0.645. The highest BCUT2D eigenvalue weighted by Gasteiger charge is 2.21. The maximum atomic E-state index is 12.3. The van der Waals surface area contributed by atoms with E-state index in [0.29, 0.717) is 17.1 Å². The Bertz CT molecular complexity index is 579. The van der Waals surface area contributed by atoms with E-state index in [-0.39, 0.29) is 22.6 Å². The molecule has 1 unspecified atom stereocenters. The van der Waals surface area contributed by atoms with Gasteiger partial charge in [-0.3, -0.25) is 0 Å². The molecule has 0 fully saturated rings. The smallest absolute Gasteiger partial charge is 0.242 e. The molecule has 1 aromatic carbocycles. The molecule has 0 saturated carbocycles. The second-order valence-electron chi connectivity index (χ2n) is 4.56. The Morgan fingerprint density at radius 2 is 2.00 bits per heavy atom. The van der Waals surface area contributed by atoms with Gasteiger partial charge < -0.3 is 10.1 Å². The van der Waals surface area contributed by atoms with E-state index < -0.39 is 10.0 Å². The van der Waals surface area contributed by atoms with Crippen molar-refractivity contribution in [2.45, 2.75) is 31.4 Å². The Kier molecular flexibility index (Phi) is 7.39. The highest BCUT2D eigenvalue weighted by molar-refractivity contribution is 7.89. The summed E-state index contributed by atoms with van der Waals surface area (Å²) < 4.78 is 32.1. The minimum Gasteiger partial charge on any atom is -0.380 e. The van der Waals surface area contributed by atoms with Crippen LogP contribution < -0.4 is 10.0 Å². The molecule has 0 aliphatic heterocycles. The second-order valence-corrected chi connectivity index (χ2v) is 7.11. The average Bonchev–Trinajstić information content (AvgIpc) is 2.45. The fourth-order valence-electron chi connectivity index (χ4n) is 1.59. The zero-order valence-electron chi connectivity index (χ0n) is 12.2. The predicted octanol–water partition coefficient (Wildman–Crippen LogP) is 2.42. The van der Waals surface area contributed by atoms with Gasteiger partial charge in [0, 0.05) is 25.2 Å². The normalized spacial score (nSPS) is 13.4. The first kappa shape index (κ1) is 18.7. The van der Waals surface area contributed by atoms with E-state index in [1.165, 1.54) is 13.2 Å². The van der Waals surface area contributed by atoms with Crippen LogP contribution in [0.5, 0.6) is 0 Å². The van der Waals surface area contributed by atoms with Crippen LogP contribution in [0.1, 0.15) is 19.4 Å². The molecule has 2 N–H and O–H groups in total. The van der Waals surface area contributed by atoms with Gasteiger partial charge in [0.25, 0.3) is 0 Å². The van der Waals surface area contributed by atoms with Crippen LogP contribution in [0.15, 0.2) is 17.0 Å². The maximum absolute atomic E-state index is 12.3. The molecular weight excluding hydrogens is 335 g/mol. The van der Waals surface area contributed by atoms with Crippen molar-refractivity contribution < 1.29 is 13.2 Å². The van der Waals surface area contributed by atoms with Crippen LogP contribution in [0, 0.1) is 0 Å². The van der Waals surface area contributed by atoms with Gasteiger partial charge in [0.1, 0.15) is 4.90 Å². The Balaban J connectivity index is 3.08. The van der Waals surface area contributed by atoms with Crippen molar-refractivity contribution in [1.82, 2.24) is 10.0 Å². The lowest BCUT2D eigenvalue weighted by Crippen LogP contribution is -2.32. The van der Waals surface area contributed by atoms with Crippen molar-refractivity contribution in [3.05, 3.63) is 27.7 Å². The summed E-state index contributed by atoms with van der Waals surface area (Å²) in [5, 5.41) is 3.60. The van der Waals surface area contributed by atoms with Crippen molar-refractivity contribution in [3.8, 4) is 0 Å².